The molecule has 1 aliphatic rings. The minimum atomic E-state index is -1.41. The summed E-state index contributed by atoms with van der Waals surface area (Å²) in [5.41, 5.74) is -1.12. The lowest BCUT2D eigenvalue weighted by atomic mass is 10.1. The molecule has 0 saturated carbocycles. The van der Waals surface area contributed by atoms with E-state index >= 15 is 0 Å². The van der Waals surface area contributed by atoms with Crippen molar-refractivity contribution in [2.75, 3.05) is 6.61 Å². The van der Waals surface area contributed by atoms with Crippen LogP contribution in [0.15, 0.2) is 9.59 Å². The van der Waals surface area contributed by atoms with Gasteiger partial charge in [-0.15, -0.1) is 5.92 Å². The SMILES string of the molecule is CC#Cc1c(C)n([C@@H]2O[C@H](CO)[C@@H](O)[C@H]2O)c(=O)[nH]c1=O. The summed E-state index contributed by atoms with van der Waals surface area (Å²) in [6, 6.07) is 0. The van der Waals surface area contributed by atoms with E-state index in [0.29, 0.717) is 0 Å². The van der Waals surface area contributed by atoms with E-state index in [1.54, 1.807) is 6.92 Å². The second-order valence-corrected chi connectivity index (χ2v) is 4.69. The second-order valence-electron chi connectivity index (χ2n) is 4.69. The summed E-state index contributed by atoms with van der Waals surface area (Å²) < 4.78 is 6.32. The Morgan fingerprint density at radius 3 is 2.52 bits per heavy atom. The van der Waals surface area contributed by atoms with Gasteiger partial charge < -0.3 is 20.1 Å². The maximum Gasteiger partial charge on any atom is 0.330 e. The topological polar surface area (TPSA) is 125 Å². The van der Waals surface area contributed by atoms with Crippen molar-refractivity contribution in [3.63, 3.8) is 0 Å². The number of aliphatic hydroxyl groups is 3. The zero-order valence-electron chi connectivity index (χ0n) is 11.5. The fraction of sp³-hybridized carbons (Fsp3) is 0.538. The summed E-state index contributed by atoms with van der Waals surface area (Å²) >= 11 is 0. The summed E-state index contributed by atoms with van der Waals surface area (Å²) in [4.78, 5) is 25.8. The standard InChI is InChI=1S/C13H16N2O6/c1-3-4-7-6(2)15(13(20)14-11(7)19)12-10(18)9(17)8(5-16)21-12/h8-10,12,16-18H,5H2,1-2H3,(H,14,19,20)/t8-,9-,10-,12-/m1/s1. The average Bonchev–Trinajstić information content (AvgIpc) is 2.71. The fourth-order valence-corrected chi connectivity index (χ4v) is 2.33. The van der Waals surface area contributed by atoms with E-state index in [1.807, 2.05) is 0 Å². The van der Waals surface area contributed by atoms with Crippen LogP contribution in [0.2, 0.25) is 0 Å². The van der Waals surface area contributed by atoms with Crippen LogP contribution < -0.4 is 11.2 Å². The maximum absolute atomic E-state index is 12.0. The maximum atomic E-state index is 12.0. The molecule has 0 amide bonds. The van der Waals surface area contributed by atoms with Gasteiger partial charge in [0.15, 0.2) is 6.23 Å². The van der Waals surface area contributed by atoms with Crippen LogP contribution in [-0.2, 0) is 4.74 Å². The van der Waals surface area contributed by atoms with Crippen LogP contribution in [-0.4, -0.2) is 49.8 Å². The number of rotatable bonds is 2. The number of nitrogens with zero attached hydrogens (tertiary/aromatic N) is 1. The quantitative estimate of drug-likeness (QED) is 0.460. The van der Waals surface area contributed by atoms with Crippen LogP contribution >= 0.6 is 0 Å². The van der Waals surface area contributed by atoms with Gasteiger partial charge >= 0.3 is 5.69 Å². The number of H-pyrrole nitrogens is 1. The molecule has 1 saturated heterocycles. The molecule has 21 heavy (non-hydrogen) atoms. The van der Waals surface area contributed by atoms with Crippen molar-refractivity contribution in [2.45, 2.75) is 38.4 Å². The van der Waals surface area contributed by atoms with Crippen molar-refractivity contribution >= 4 is 0 Å². The van der Waals surface area contributed by atoms with Crippen LogP contribution in [0, 0.1) is 18.8 Å². The first kappa shape index (κ1) is 15.5. The molecule has 0 radical (unpaired) electrons. The highest BCUT2D eigenvalue weighted by Crippen LogP contribution is 2.29. The van der Waals surface area contributed by atoms with Crippen molar-refractivity contribution in [1.29, 1.82) is 0 Å². The van der Waals surface area contributed by atoms with Gasteiger partial charge in [-0.1, -0.05) is 5.92 Å². The Hall–Kier alpha value is -1.92. The predicted octanol–water partition coefficient (Wildman–Crippen LogP) is -2.17. The molecule has 8 heteroatoms. The molecule has 0 spiro atoms. The lowest BCUT2D eigenvalue weighted by molar-refractivity contribution is -0.0559. The highest BCUT2D eigenvalue weighted by molar-refractivity contribution is 5.35. The molecular formula is C13H16N2O6. The van der Waals surface area contributed by atoms with Crippen LogP contribution in [0.25, 0.3) is 0 Å². The number of aromatic nitrogens is 2. The molecule has 2 heterocycles. The molecule has 4 atom stereocenters. The molecule has 1 fully saturated rings. The molecule has 0 aliphatic carbocycles. The molecule has 8 nitrogen and oxygen atoms in total. The minimum absolute atomic E-state index is 0.0786. The summed E-state index contributed by atoms with van der Waals surface area (Å²) in [6.45, 7) is 2.53. The van der Waals surface area contributed by atoms with E-state index in [4.69, 9.17) is 9.84 Å². The van der Waals surface area contributed by atoms with Crippen LogP contribution in [0.3, 0.4) is 0 Å². The Labute approximate surface area is 119 Å². The minimum Gasteiger partial charge on any atom is -0.394 e. The summed E-state index contributed by atoms with van der Waals surface area (Å²) in [6.07, 6.45) is -4.96. The van der Waals surface area contributed by atoms with Crippen LogP contribution in [0.4, 0.5) is 0 Å². The summed E-state index contributed by atoms with van der Waals surface area (Å²) in [5.74, 6) is 5.15. The molecule has 1 aromatic heterocycles. The molecule has 0 unspecified atom stereocenters. The number of nitrogens with one attached hydrogen (secondary N) is 1. The Morgan fingerprint density at radius 1 is 1.33 bits per heavy atom. The molecular weight excluding hydrogens is 280 g/mol. The Kier molecular flexibility index (Phi) is 4.29. The lowest BCUT2D eigenvalue weighted by Gasteiger charge is -2.20. The van der Waals surface area contributed by atoms with Gasteiger partial charge in [-0.3, -0.25) is 14.3 Å². The third kappa shape index (κ3) is 2.52. The van der Waals surface area contributed by atoms with Gasteiger partial charge in [0, 0.05) is 5.69 Å². The number of hydrogen-bond acceptors (Lipinski definition) is 6. The lowest BCUT2D eigenvalue weighted by Crippen LogP contribution is -2.40. The highest BCUT2D eigenvalue weighted by Gasteiger charge is 2.44. The monoisotopic (exact) mass is 296 g/mol. The second kappa shape index (κ2) is 5.83. The molecule has 0 aromatic carbocycles. The van der Waals surface area contributed by atoms with Gasteiger partial charge in [0.2, 0.25) is 0 Å². The van der Waals surface area contributed by atoms with E-state index in [1.165, 1.54) is 6.92 Å². The highest BCUT2D eigenvalue weighted by atomic mass is 16.6. The third-order valence-electron chi connectivity index (χ3n) is 3.41. The van der Waals surface area contributed by atoms with E-state index in [0.717, 1.165) is 4.57 Å². The number of aliphatic hydroxyl groups excluding tert-OH is 3. The van der Waals surface area contributed by atoms with Crippen molar-refractivity contribution in [2.24, 2.45) is 0 Å². The Bertz CT molecular complexity index is 710. The largest absolute Gasteiger partial charge is 0.394 e. The van der Waals surface area contributed by atoms with Gasteiger partial charge in [0.25, 0.3) is 5.56 Å². The molecule has 1 aromatic rings. The van der Waals surface area contributed by atoms with Gasteiger partial charge in [-0.05, 0) is 13.8 Å². The normalized spacial score (nSPS) is 28.2. The first-order valence-corrected chi connectivity index (χ1v) is 6.33. The molecule has 0 bridgehead atoms. The molecule has 114 valence electrons. The Morgan fingerprint density at radius 2 is 2.00 bits per heavy atom. The van der Waals surface area contributed by atoms with E-state index in [-0.39, 0.29) is 11.3 Å². The van der Waals surface area contributed by atoms with E-state index < -0.39 is 42.4 Å². The summed E-state index contributed by atoms with van der Waals surface area (Å²) in [5, 5.41) is 28.8. The van der Waals surface area contributed by atoms with Gasteiger partial charge in [-0.25, -0.2) is 4.79 Å². The number of ether oxygens (including phenoxy) is 1. The number of hydrogen-bond donors (Lipinski definition) is 4. The number of aromatic amines is 1. The van der Waals surface area contributed by atoms with E-state index in [9.17, 15) is 19.8 Å². The van der Waals surface area contributed by atoms with Crippen LogP contribution in [0.1, 0.15) is 24.4 Å². The molecule has 2 rings (SSSR count). The predicted molar refractivity (Wildman–Crippen MR) is 71.6 cm³/mol. The Balaban J connectivity index is 2.59. The zero-order valence-corrected chi connectivity index (χ0v) is 11.5. The first-order valence-electron chi connectivity index (χ1n) is 6.33. The van der Waals surface area contributed by atoms with Crippen molar-refractivity contribution in [1.82, 2.24) is 9.55 Å². The van der Waals surface area contributed by atoms with Gasteiger partial charge in [0.1, 0.15) is 23.9 Å². The van der Waals surface area contributed by atoms with Gasteiger partial charge in [-0.2, -0.15) is 0 Å². The third-order valence-corrected chi connectivity index (χ3v) is 3.41. The molecule has 1 aliphatic heterocycles. The smallest absolute Gasteiger partial charge is 0.330 e. The average molecular weight is 296 g/mol. The van der Waals surface area contributed by atoms with Crippen LogP contribution in [0.5, 0.6) is 0 Å². The first-order chi connectivity index (χ1) is 9.92. The fourth-order valence-electron chi connectivity index (χ4n) is 2.33. The van der Waals surface area contributed by atoms with Gasteiger partial charge in [0.05, 0.1) is 6.61 Å². The van der Waals surface area contributed by atoms with Crippen molar-refractivity contribution in [3.05, 3.63) is 32.1 Å². The van der Waals surface area contributed by atoms with Crippen molar-refractivity contribution in [3.8, 4) is 11.8 Å². The van der Waals surface area contributed by atoms with Crippen molar-refractivity contribution < 1.29 is 20.1 Å². The summed E-state index contributed by atoms with van der Waals surface area (Å²) in [7, 11) is 0. The molecule has 4 N–H and O–H groups in total. The van der Waals surface area contributed by atoms with E-state index in [2.05, 4.69) is 16.8 Å². The zero-order chi connectivity index (χ0) is 15.7.